The Labute approximate surface area is 91.1 Å². The van der Waals surface area contributed by atoms with E-state index in [1.54, 1.807) is 12.5 Å². The van der Waals surface area contributed by atoms with E-state index in [2.05, 4.69) is 27.8 Å². The Morgan fingerprint density at radius 2 is 2.14 bits per heavy atom. The monoisotopic (exact) mass is 251 g/mol. The summed E-state index contributed by atoms with van der Waals surface area (Å²) < 4.78 is 5.01. The molecule has 2 heterocycles. The van der Waals surface area contributed by atoms with Crippen LogP contribution in [-0.4, -0.2) is 4.98 Å². The third-order valence-electron chi connectivity index (χ3n) is 2.05. The predicted octanol–water partition coefficient (Wildman–Crippen LogP) is 3.80. The van der Waals surface area contributed by atoms with E-state index in [0.29, 0.717) is 4.83 Å². The summed E-state index contributed by atoms with van der Waals surface area (Å²) >= 11 is 3.47. The molecule has 0 N–H and O–H groups in total. The lowest BCUT2D eigenvalue weighted by molar-refractivity contribution is 0.568. The molecule has 0 aliphatic rings. The van der Waals surface area contributed by atoms with Gasteiger partial charge in [-0.2, -0.15) is 0 Å². The fourth-order valence-electron chi connectivity index (χ4n) is 1.24. The van der Waals surface area contributed by atoms with Crippen molar-refractivity contribution in [1.29, 1.82) is 0 Å². The Morgan fingerprint density at radius 3 is 2.64 bits per heavy atom. The van der Waals surface area contributed by atoms with E-state index in [-0.39, 0.29) is 0 Å². The molecular formula is C11H10BrNO. The number of hydrogen-bond donors (Lipinski definition) is 0. The van der Waals surface area contributed by atoms with E-state index < -0.39 is 0 Å². The van der Waals surface area contributed by atoms with E-state index in [1.165, 1.54) is 0 Å². The molecule has 0 unspecified atom stereocenters. The van der Waals surface area contributed by atoms with Crippen LogP contribution in [0, 0.1) is 0 Å². The third-order valence-corrected chi connectivity index (χ3v) is 2.52. The van der Waals surface area contributed by atoms with Crippen LogP contribution in [0.3, 0.4) is 0 Å². The minimum Gasteiger partial charge on any atom is -0.472 e. The van der Waals surface area contributed by atoms with Crippen LogP contribution in [0.2, 0.25) is 0 Å². The van der Waals surface area contributed by atoms with Crippen LogP contribution in [0.1, 0.15) is 17.4 Å². The molecule has 0 aliphatic heterocycles. The highest BCUT2D eigenvalue weighted by Crippen LogP contribution is 2.23. The highest BCUT2D eigenvalue weighted by molar-refractivity contribution is 9.09. The summed E-state index contributed by atoms with van der Waals surface area (Å²) in [7, 11) is 0. The van der Waals surface area contributed by atoms with E-state index in [0.717, 1.165) is 16.8 Å². The smallest absolute Gasteiger partial charge is 0.0981 e. The van der Waals surface area contributed by atoms with Crippen molar-refractivity contribution in [3.05, 3.63) is 42.6 Å². The third kappa shape index (κ3) is 1.87. The molecule has 1 atom stereocenters. The van der Waals surface area contributed by atoms with Crippen LogP contribution < -0.4 is 0 Å². The van der Waals surface area contributed by atoms with E-state index in [9.17, 15) is 0 Å². The van der Waals surface area contributed by atoms with Gasteiger partial charge in [0, 0.05) is 17.3 Å². The topological polar surface area (TPSA) is 26.0 Å². The van der Waals surface area contributed by atoms with Crippen molar-refractivity contribution in [2.45, 2.75) is 11.8 Å². The fourth-order valence-corrected chi connectivity index (χ4v) is 1.51. The highest BCUT2D eigenvalue weighted by Gasteiger charge is 2.03. The average molecular weight is 252 g/mol. The zero-order valence-corrected chi connectivity index (χ0v) is 9.36. The Kier molecular flexibility index (Phi) is 2.68. The summed E-state index contributed by atoms with van der Waals surface area (Å²) in [6.45, 7) is 2.06. The molecule has 0 saturated carbocycles. The van der Waals surface area contributed by atoms with Crippen LogP contribution >= 0.6 is 15.9 Å². The number of rotatable bonds is 2. The first kappa shape index (κ1) is 9.46. The second kappa shape index (κ2) is 3.96. The molecule has 0 aromatic carbocycles. The normalized spacial score (nSPS) is 12.7. The lowest BCUT2D eigenvalue weighted by Crippen LogP contribution is -1.88. The summed E-state index contributed by atoms with van der Waals surface area (Å²) in [4.78, 5) is 4.64. The first-order valence-corrected chi connectivity index (χ1v) is 5.31. The predicted molar refractivity (Wildman–Crippen MR) is 59.3 cm³/mol. The quantitative estimate of drug-likeness (QED) is 0.760. The number of alkyl halides is 1. The van der Waals surface area contributed by atoms with E-state index in [4.69, 9.17) is 4.42 Å². The Hall–Kier alpha value is -1.09. The minimum atomic E-state index is 0.292. The first-order chi connectivity index (χ1) is 6.77. The molecule has 0 amide bonds. The largest absolute Gasteiger partial charge is 0.472 e. The second-order valence-corrected chi connectivity index (χ2v) is 4.47. The molecular weight excluding hydrogens is 242 g/mol. The Bertz CT molecular complexity index is 392. The maximum atomic E-state index is 5.01. The van der Waals surface area contributed by atoms with Crippen LogP contribution in [0.4, 0.5) is 0 Å². The van der Waals surface area contributed by atoms with Gasteiger partial charge in [-0.1, -0.05) is 22.0 Å². The zero-order valence-electron chi connectivity index (χ0n) is 7.77. The summed E-state index contributed by atoms with van der Waals surface area (Å²) in [5.41, 5.74) is 3.18. The van der Waals surface area contributed by atoms with E-state index in [1.807, 2.05) is 24.4 Å². The first-order valence-electron chi connectivity index (χ1n) is 4.40. The molecule has 0 radical (unpaired) electrons. The Morgan fingerprint density at radius 1 is 1.29 bits per heavy atom. The number of furan rings is 1. The van der Waals surface area contributed by atoms with Gasteiger partial charge in [-0.15, -0.1) is 0 Å². The molecule has 3 heteroatoms. The van der Waals surface area contributed by atoms with E-state index >= 15 is 0 Å². The van der Waals surface area contributed by atoms with Crippen molar-refractivity contribution >= 4 is 15.9 Å². The van der Waals surface area contributed by atoms with Crippen molar-refractivity contribution < 1.29 is 4.42 Å². The molecule has 2 aromatic rings. The van der Waals surface area contributed by atoms with Gasteiger partial charge in [0.1, 0.15) is 0 Å². The molecule has 0 spiro atoms. The molecule has 2 rings (SSSR count). The average Bonchev–Trinajstić information content (AvgIpc) is 2.71. The summed E-state index contributed by atoms with van der Waals surface area (Å²) in [5, 5.41) is 0. The lowest BCUT2D eigenvalue weighted by Gasteiger charge is -2.02. The molecule has 0 bridgehead atoms. The van der Waals surface area contributed by atoms with Crippen LogP contribution in [0.15, 0.2) is 41.3 Å². The van der Waals surface area contributed by atoms with Gasteiger partial charge in [-0.3, -0.25) is 4.98 Å². The van der Waals surface area contributed by atoms with Gasteiger partial charge in [-0.05, 0) is 19.1 Å². The number of pyridine rings is 1. The summed E-state index contributed by atoms with van der Waals surface area (Å²) in [6, 6.07) is 5.99. The second-order valence-electron chi connectivity index (χ2n) is 3.10. The van der Waals surface area contributed by atoms with Gasteiger partial charge in [0.2, 0.25) is 0 Å². The summed E-state index contributed by atoms with van der Waals surface area (Å²) in [5.74, 6) is 0. The van der Waals surface area contributed by atoms with Gasteiger partial charge in [-0.25, -0.2) is 0 Å². The molecule has 72 valence electrons. The van der Waals surface area contributed by atoms with Crippen molar-refractivity contribution in [2.75, 3.05) is 0 Å². The van der Waals surface area contributed by atoms with Crippen LogP contribution in [0.5, 0.6) is 0 Å². The van der Waals surface area contributed by atoms with Crippen molar-refractivity contribution in [3.8, 4) is 11.1 Å². The molecule has 0 saturated heterocycles. The zero-order chi connectivity index (χ0) is 9.97. The molecule has 2 nitrogen and oxygen atoms in total. The van der Waals surface area contributed by atoms with Crippen LogP contribution in [-0.2, 0) is 0 Å². The molecule has 0 aliphatic carbocycles. The number of aromatic nitrogens is 1. The molecule has 2 aromatic heterocycles. The molecule has 0 fully saturated rings. The maximum absolute atomic E-state index is 5.01. The number of halogens is 1. The van der Waals surface area contributed by atoms with Gasteiger partial charge in [0.05, 0.1) is 23.0 Å². The Balaban J connectivity index is 2.31. The van der Waals surface area contributed by atoms with Crippen LogP contribution in [0.25, 0.3) is 11.1 Å². The molecule has 14 heavy (non-hydrogen) atoms. The van der Waals surface area contributed by atoms with Crippen molar-refractivity contribution in [1.82, 2.24) is 4.98 Å². The van der Waals surface area contributed by atoms with Gasteiger partial charge >= 0.3 is 0 Å². The van der Waals surface area contributed by atoms with Crippen molar-refractivity contribution in [2.24, 2.45) is 0 Å². The lowest BCUT2D eigenvalue weighted by atomic mass is 10.1. The summed E-state index contributed by atoms with van der Waals surface area (Å²) in [6.07, 6.45) is 5.24. The SMILES string of the molecule is C[C@@H](Br)c1ccc(-c2ccoc2)cn1. The standard InChI is InChI=1S/C11H10BrNO/c1-8(12)11-3-2-9(6-13-11)10-4-5-14-7-10/h2-8H,1H3/t8-/m1/s1. The van der Waals surface area contributed by atoms with Crippen molar-refractivity contribution in [3.63, 3.8) is 0 Å². The van der Waals surface area contributed by atoms with Gasteiger partial charge in [0.25, 0.3) is 0 Å². The number of hydrogen-bond acceptors (Lipinski definition) is 2. The highest BCUT2D eigenvalue weighted by atomic mass is 79.9. The number of nitrogens with zero attached hydrogens (tertiary/aromatic N) is 1. The fraction of sp³-hybridized carbons (Fsp3) is 0.182. The van der Waals surface area contributed by atoms with Gasteiger partial charge in [0.15, 0.2) is 0 Å². The maximum Gasteiger partial charge on any atom is 0.0981 e. The minimum absolute atomic E-state index is 0.292. The van der Waals surface area contributed by atoms with Gasteiger partial charge < -0.3 is 4.42 Å².